The Hall–Kier alpha value is -3.38. The molecule has 0 aliphatic carbocycles. The van der Waals surface area contributed by atoms with Crippen molar-refractivity contribution in [2.45, 2.75) is 42.4 Å². The Morgan fingerprint density at radius 1 is 0.946 bits per heavy atom. The second-order valence-corrected chi connectivity index (χ2v) is 10.4. The summed E-state index contributed by atoms with van der Waals surface area (Å²) in [4.78, 5) is 7.70. The van der Waals surface area contributed by atoms with Crippen LogP contribution in [0.4, 0.5) is 19.1 Å². The first kappa shape index (κ1) is 25.3. The first-order valence-corrected chi connectivity index (χ1v) is 13.2. The SMILES string of the molecule is O=S(=O)(Nc1ncccn1)c1ccc2c(c1)OCC[C@@H]2c1ccc(C(F)(F)F)cc1OC1CCOCC1. The molecule has 3 aromatic rings. The van der Waals surface area contributed by atoms with Gasteiger partial charge in [-0.3, -0.25) is 0 Å². The molecule has 0 spiro atoms. The van der Waals surface area contributed by atoms with Crippen molar-refractivity contribution in [3.8, 4) is 11.5 Å². The molecule has 0 unspecified atom stereocenters. The monoisotopic (exact) mass is 535 g/mol. The number of hydrogen-bond acceptors (Lipinski definition) is 7. The van der Waals surface area contributed by atoms with E-state index in [1.54, 1.807) is 12.1 Å². The highest BCUT2D eigenvalue weighted by atomic mass is 32.2. The molecule has 37 heavy (non-hydrogen) atoms. The molecule has 1 N–H and O–H groups in total. The minimum Gasteiger partial charge on any atom is -0.493 e. The second-order valence-electron chi connectivity index (χ2n) is 8.75. The molecule has 1 aromatic heterocycles. The average Bonchev–Trinajstić information content (AvgIpc) is 2.88. The molecule has 12 heteroatoms. The Morgan fingerprint density at radius 3 is 2.41 bits per heavy atom. The van der Waals surface area contributed by atoms with Gasteiger partial charge in [-0.1, -0.05) is 12.1 Å². The first-order valence-electron chi connectivity index (χ1n) is 11.7. The zero-order valence-electron chi connectivity index (χ0n) is 19.6. The van der Waals surface area contributed by atoms with Crippen molar-refractivity contribution in [3.63, 3.8) is 0 Å². The van der Waals surface area contributed by atoms with Gasteiger partial charge in [0.1, 0.15) is 17.6 Å². The van der Waals surface area contributed by atoms with E-state index in [9.17, 15) is 21.6 Å². The molecule has 3 heterocycles. The number of nitrogens with one attached hydrogen (secondary N) is 1. The molecule has 1 saturated heterocycles. The highest BCUT2D eigenvalue weighted by Crippen LogP contribution is 2.44. The molecule has 196 valence electrons. The molecule has 5 rings (SSSR count). The van der Waals surface area contributed by atoms with Crippen LogP contribution in [0, 0.1) is 0 Å². The zero-order chi connectivity index (χ0) is 26.0. The van der Waals surface area contributed by atoms with E-state index >= 15 is 0 Å². The number of nitrogens with zero attached hydrogens (tertiary/aromatic N) is 2. The largest absolute Gasteiger partial charge is 0.493 e. The van der Waals surface area contributed by atoms with E-state index in [1.807, 2.05) is 0 Å². The fourth-order valence-electron chi connectivity index (χ4n) is 4.46. The number of benzene rings is 2. The Morgan fingerprint density at radius 2 is 1.68 bits per heavy atom. The summed E-state index contributed by atoms with van der Waals surface area (Å²) in [5.41, 5.74) is 0.467. The van der Waals surface area contributed by atoms with Crippen LogP contribution in [0.15, 0.2) is 59.8 Å². The molecule has 0 saturated carbocycles. The maximum atomic E-state index is 13.5. The summed E-state index contributed by atoms with van der Waals surface area (Å²) < 4.78 is 85.8. The van der Waals surface area contributed by atoms with E-state index in [1.165, 1.54) is 30.6 Å². The average molecular weight is 536 g/mol. The minimum absolute atomic E-state index is 0.0505. The summed E-state index contributed by atoms with van der Waals surface area (Å²) >= 11 is 0. The van der Waals surface area contributed by atoms with Gasteiger partial charge in [0.05, 0.1) is 30.3 Å². The normalized spacial score (nSPS) is 18.5. The van der Waals surface area contributed by atoms with Crippen molar-refractivity contribution in [3.05, 3.63) is 71.5 Å². The number of ether oxygens (including phenoxy) is 3. The minimum atomic E-state index is -4.52. The van der Waals surface area contributed by atoms with Crippen molar-refractivity contribution in [1.82, 2.24) is 9.97 Å². The number of sulfonamides is 1. The van der Waals surface area contributed by atoms with Gasteiger partial charge in [0.25, 0.3) is 10.0 Å². The molecule has 2 aliphatic heterocycles. The van der Waals surface area contributed by atoms with E-state index in [0.717, 1.165) is 12.1 Å². The number of hydrogen-bond donors (Lipinski definition) is 1. The molecule has 0 amide bonds. The van der Waals surface area contributed by atoms with E-state index in [-0.39, 0.29) is 35.2 Å². The lowest BCUT2D eigenvalue weighted by Crippen LogP contribution is -2.27. The molecule has 8 nitrogen and oxygen atoms in total. The van der Waals surface area contributed by atoms with E-state index in [0.29, 0.717) is 49.4 Å². The van der Waals surface area contributed by atoms with Crippen LogP contribution >= 0.6 is 0 Å². The number of rotatable bonds is 6. The summed E-state index contributed by atoms with van der Waals surface area (Å²) in [6, 6.07) is 9.54. The smallest absolute Gasteiger partial charge is 0.416 e. The Labute approximate surface area is 211 Å². The van der Waals surface area contributed by atoms with Gasteiger partial charge in [0.15, 0.2) is 0 Å². The molecule has 0 radical (unpaired) electrons. The third-order valence-electron chi connectivity index (χ3n) is 6.30. The van der Waals surface area contributed by atoms with Gasteiger partial charge in [-0.15, -0.1) is 0 Å². The van der Waals surface area contributed by atoms with Crippen LogP contribution in [0.5, 0.6) is 11.5 Å². The van der Waals surface area contributed by atoms with Crippen molar-refractivity contribution in [1.29, 1.82) is 0 Å². The number of fused-ring (bicyclic) bond motifs is 1. The van der Waals surface area contributed by atoms with Crippen molar-refractivity contribution >= 4 is 16.0 Å². The topological polar surface area (TPSA) is 99.6 Å². The Kier molecular flexibility index (Phi) is 6.95. The fourth-order valence-corrected chi connectivity index (χ4v) is 5.44. The third kappa shape index (κ3) is 5.64. The maximum absolute atomic E-state index is 13.5. The lowest BCUT2D eigenvalue weighted by molar-refractivity contribution is -0.137. The first-order chi connectivity index (χ1) is 17.7. The summed E-state index contributed by atoms with van der Waals surface area (Å²) in [5, 5.41) is 0. The van der Waals surface area contributed by atoms with Crippen molar-refractivity contribution in [2.24, 2.45) is 0 Å². The fraction of sp³-hybridized carbons (Fsp3) is 0.360. The summed E-state index contributed by atoms with van der Waals surface area (Å²) in [6.45, 7) is 1.23. The van der Waals surface area contributed by atoms with Gasteiger partial charge in [-0.25, -0.2) is 23.1 Å². The predicted octanol–water partition coefficient (Wildman–Crippen LogP) is 4.77. The Bertz CT molecular complexity index is 1360. The molecule has 0 bridgehead atoms. The van der Waals surface area contributed by atoms with E-state index in [2.05, 4.69) is 14.7 Å². The summed E-state index contributed by atoms with van der Waals surface area (Å²) in [7, 11) is -3.99. The van der Waals surface area contributed by atoms with Crippen LogP contribution in [0.1, 0.15) is 41.9 Å². The summed E-state index contributed by atoms with van der Waals surface area (Å²) in [5.74, 6) is 0.0888. The zero-order valence-corrected chi connectivity index (χ0v) is 20.4. The number of halogens is 3. The van der Waals surface area contributed by atoms with Gasteiger partial charge in [0, 0.05) is 48.3 Å². The van der Waals surface area contributed by atoms with Crippen LogP contribution in [0.25, 0.3) is 0 Å². The molecule has 1 fully saturated rings. The lowest BCUT2D eigenvalue weighted by Gasteiger charge is -2.30. The molecule has 1 atom stereocenters. The van der Waals surface area contributed by atoms with Crippen molar-refractivity contribution in [2.75, 3.05) is 24.5 Å². The lowest BCUT2D eigenvalue weighted by atomic mass is 9.85. The van der Waals surface area contributed by atoms with Crippen LogP contribution < -0.4 is 14.2 Å². The van der Waals surface area contributed by atoms with Crippen LogP contribution in [-0.2, 0) is 20.9 Å². The number of anilines is 1. The van der Waals surface area contributed by atoms with Gasteiger partial charge in [-0.2, -0.15) is 13.2 Å². The highest BCUT2D eigenvalue weighted by molar-refractivity contribution is 7.92. The standard InChI is InChI=1S/C25H24F3N3O5S/c26-25(27,28)16-2-4-21(23(14-16)36-17-6-11-34-12-7-17)19-8-13-35-22-15-18(3-5-20(19)22)37(32,33)31-24-29-9-1-10-30-24/h1-5,9-10,14-15,17,19H,6-8,11-13H2,(H,29,30,31)/t19-/m0/s1. The van der Waals surface area contributed by atoms with Gasteiger partial charge < -0.3 is 14.2 Å². The second kappa shape index (κ2) is 10.2. The maximum Gasteiger partial charge on any atom is 0.416 e. The summed E-state index contributed by atoms with van der Waals surface area (Å²) in [6.07, 6.45) is -0.290. The third-order valence-corrected chi connectivity index (χ3v) is 7.63. The quantitative estimate of drug-likeness (QED) is 0.486. The highest BCUT2D eigenvalue weighted by Gasteiger charge is 2.34. The van der Waals surface area contributed by atoms with Crippen LogP contribution in [0.3, 0.4) is 0 Å². The van der Waals surface area contributed by atoms with E-state index in [4.69, 9.17) is 14.2 Å². The molecular formula is C25H24F3N3O5S. The van der Waals surface area contributed by atoms with Gasteiger partial charge >= 0.3 is 6.18 Å². The predicted molar refractivity (Wildman–Crippen MR) is 127 cm³/mol. The van der Waals surface area contributed by atoms with Crippen LogP contribution in [-0.4, -0.2) is 44.3 Å². The number of aromatic nitrogens is 2. The van der Waals surface area contributed by atoms with Crippen molar-refractivity contribution < 1.29 is 35.8 Å². The molecule has 2 aliphatic rings. The molecular weight excluding hydrogens is 511 g/mol. The molecule has 2 aromatic carbocycles. The van der Waals surface area contributed by atoms with E-state index < -0.39 is 21.8 Å². The van der Waals surface area contributed by atoms with Crippen LogP contribution in [0.2, 0.25) is 0 Å². The Balaban J connectivity index is 1.48. The van der Waals surface area contributed by atoms with Gasteiger partial charge in [0.2, 0.25) is 5.95 Å². The van der Waals surface area contributed by atoms with Gasteiger partial charge in [-0.05, 0) is 30.7 Å². The number of alkyl halides is 3.